The van der Waals surface area contributed by atoms with E-state index in [9.17, 15) is 9.18 Å². The Labute approximate surface area is 133 Å². The fourth-order valence-electron chi connectivity index (χ4n) is 2.81. The summed E-state index contributed by atoms with van der Waals surface area (Å²) in [6.45, 7) is 0. The van der Waals surface area contributed by atoms with Gasteiger partial charge in [-0.2, -0.15) is 0 Å². The molecule has 1 N–H and O–H groups in total. The third-order valence-corrected chi connectivity index (χ3v) is 5.26. The molecule has 0 saturated heterocycles. The number of nitrogens with zero attached hydrogens (tertiary/aromatic N) is 2. The third-order valence-electron chi connectivity index (χ3n) is 3.71. The maximum absolute atomic E-state index is 13.7. The minimum atomic E-state index is -0.877. The van der Waals surface area contributed by atoms with Crippen LogP contribution in [-0.2, 0) is 4.79 Å². The van der Waals surface area contributed by atoms with Crippen molar-refractivity contribution in [3.8, 4) is 0 Å². The fourth-order valence-corrected chi connectivity index (χ4v) is 3.95. The average Bonchev–Trinajstić information content (AvgIpc) is 3.04. The Kier molecular flexibility index (Phi) is 4.21. The van der Waals surface area contributed by atoms with Gasteiger partial charge < -0.3 is 9.67 Å². The number of benzene rings is 1. The van der Waals surface area contributed by atoms with Crippen molar-refractivity contribution in [1.29, 1.82) is 0 Å². The summed E-state index contributed by atoms with van der Waals surface area (Å²) in [5.41, 5.74) is 1.44. The Bertz CT molecular complexity index is 698. The third kappa shape index (κ3) is 2.94. The molecule has 4 nitrogen and oxygen atoms in total. The summed E-state index contributed by atoms with van der Waals surface area (Å²) in [4.78, 5) is 15.2. The van der Waals surface area contributed by atoms with E-state index < -0.39 is 5.97 Å². The SMILES string of the molecule is O=C(O)CSc1nc2cc(F)c(Br)cc2n1C1CCCC1. The summed E-state index contributed by atoms with van der Waals surface area (Å²) >= 11 is 4.41. The first-order valence-corrected chi connectivity index (χ1v) is 8.55. The van der Waals surface area contributed by atoms with Gasteiger partial charge in [-0.25, -0.2) is 9.37 Å². The number of carboxylic acids is 1. The van der Waals surface area contributed by atoms with E-state index in [1.165, 1.54) is 17.8 Å². The predicted octanol–water partition coefficient (Wildman–Crippen LogP) is 4.23. The van der Waals surface area contributed by atoms with E-state index in [1.54, 1.807) is 6.07 Å². The quantitative estimate of drug-likeness (QED) is 0.815. The molecule has 0 amide bonds. The van der Waals surface area contributed by atoms with Crippen LogP contribution >= 0.6 is 27.7 Å². The molecule has 2 aromatic rings. The number of fused-ring (bicyclic) bond motifs is 1. The van der Waals surface area contributed by atoms with E-state index in [1.807, 2.05) is 0 Å². The second kappa shape index (κ2) is 5.96. The maximum Gasteiger partial charge on any atom is 0.313 e. The van der Waals surface area contributed by atoms with Gasteiger partial charge in [0.15, 0.2) is 5.16 Å². The number of hydrogen-bond donors (Lipinski definition) is 1. The summed E-state index contributed by atoms with van der Waals surface area (Å²) in [6.07, 6.45) is 4.44. The highest BCUT2D eigenvalue weighted by Gasteiger charge is 2.24. The highest BCUT2D eigenvalue weighted by molar-refractivity contribution is 9.10. The molecule has 3 rings (SSSR count). The second-order valence-electron chi connectivity index (χ2n) is 5.14. The van der Waals surface area contributed by atoms with Gasteiger partial charge in [-0.15, -0.1) is 0 Å². The van der Waals surface area contributed by atoms with E-state index >= 15 is 0 Å². The number of carboxylic acid groups (broad SMARTS) is 1. The molecule has 1 aliphatic rings. The van der Waals surface area contributed by atoms with Crippen LogP contribution in [0, 0.1) is 5.82 Å². The molecule has 1 aromatic carbocycles. The van der Waals surface area contributed by atoms with Gasteiger partial charge in [0.1, 0.15) is 5.82 Å². The van der Waals surface area contributed by atoms with Crippen molar-refractivity contribution < 1.29 is 14.3 Å². The van der Waals surface area contributed by atoms with E-state index in [-0.39, 0.29) is 11.6 Å². The Morgan fingerprint density at radius 1 is 1.48 bits per heavy atom. The van der Waals surface area contributed by atoms with Crippen LogP contribution < -0.4 is 0 Å². The number of aliphatic carboxylic acids is 1. The number of hydrogen-bond acceptors (Lipinski definition) is 3. The molecular formula is C14H14BrFN2O2S. The smallest absolute Gasteiger partial charge is 0.313 e. The predicted molar refractivity (Wildman–Crippen MR) is 83.3 cm³/mol. The van der Waals surface area contributed by atoms with Crippen molar-refractivity contribution in [3.63, 3.8) is 0 Å². The monoisotopic (exact) mass is 372 g/mol. The lowest BCUT2D eigenvalue weighted by atomic mass is 10.2. The number of thioether (sulfide) groups is 1. The molecule has 0 radical (unpaired) electrons. The standard InChI is InChI=1S/C14H14BrFN2O2S/c15-9-5-12-11(6-10(9)16)17-14(21-7-13(19)20)18(12)8-3-1-2-4-8/h5-6,8H,1-4,7H2,(H,19,20). The number of imidazole rings is 1. The molecule has 0 bridgehead atoms. The van der Waals surface area contributed by atoms with Crippen LogP contribution in [0.3, 0.4) is 0 Å². The lowest BCUT2D eigenvalue weighted by Crippen LogP contribution is -2.07. The van der Waals surface area contributed by atoms with Crippen LogP contribution in [-0.4, -0.2) is 26.4 Å². The molecule has 0 spiro atoms. The average molecular weight is 373 g/mol. The van der Waals surface area contributed by atoms with E-state index in [0.717, 1.165) is 31.2 Å². The highest BCUT2D eigenvalue weighted by Crippen LogP contribution is 2.37. The molecular weight excluding hydrogens is 359 g/mol. The van der Waals surface area contributed by atoms with Gasteiger partial charge in [0.05, 0.1) is 21.3 Å². The first-order valence-electron chi connectivity index (χ1n) is 6.78. The minimum absolute atomic E-state index is 0.0420. The normalized spacial score (nSPS) is 15.9. The molecule has 1 fully saturated rings. The minimum Gasteiger partial charge on any atom is -0.481 e. The summed E-state index contributed by atoms with van der Waals surface area (Å²) in [6, 6.07) is 3.46. The van der Waals surface area contributed by atoms with Crippen LogP contribution in [0.2, 0.25) is 0 Å². The number of rotatable bonds is 4. The number of carbonyl (C=O) groups is 1. The van der Waals surface area contributed by atoms with Crippen molar-refractivity contribution in [3.05, 3.63) is 22.4 Å². The van der Waals surface area contributed by atoms with Crippen molar-refractivity contribution in [2.75, 3.05) is 5.75 Å². The lowest BCUT2D eigenvalue weighted by molar-refractivity contribution is -0.133. The molecule has 1 saturated carbocycles. The first-order chi connectivity index (χ1) is 10.1. The number of halogens is 2. The van der Waals surface area contributed by atoms with Crippen LogP contribution in [0.15, 0.2) is 21.8 Å². The summed E-state index contributed by atoms with van der Waals surface area (Å²) in [7, 11) is 0. The van der Waals surface area contributed by atoms with Crippen molar-refractivity contribution >= 4 is 44.7 Å². The van der Waals surface area contributed by atoms with E-state index in [2.05, 4.69) is 25.5 Å². The van der Waals surface area contributed by atoms with Gasteiger partial charge in [0.25, 0.3) is 0 Å². The molecule has 0 aliphatic heterocycles. The first kappa shape index (κ1) is 14.8. The summed E-state index contributed by atoms with van der Waals surface area (Å²) < 4.78 is 16.2. The lowest BCUT2D eigenvalue weighted by Gasteiger charge is -2.15. The molecule has 0 atom stereocenters. The van der Waals surface area contributed by atoms with E-state index in [4.69, 9.17) is 5.11 Å². The second-order valence-corrected chi connectivity index (χ2v) is 6.94. The van der Waals surface area contributed by atoms with Crippen molar-refractivity contribution in [2.45, 2.75) is 36.9 Å². The van der Waals surface area contributed by atoms with Crippen LogP contribution in [0.4, 0.5) is 4.39 Å². The zero-order chi connectivity index (χ0) is 15.0. The molecule has 0 unspecified atom stereocenters. The molecule has 21 heavy (non-hydrogen) atoms. The fraction of sp³-hybridized carbons (Fsp3) is 0.429. The van der Waals surface area contributed by atoms with Crippen LogP contribution in [0.5, 0.6) is 0 Å². The molecule has 7 heteroatoms. The molecule has 112 valence electrons. The van der Waals surface area contributed by atoms with Gasteiger partial charge >= 0.3 is 5.97 Å². The van der Waals surface area contributed by atoms with E-state index in [0.29, 0.717) is 21.2 Å². The van der Waals surface area contributed by atoms with Gasteiger partial charge in [-0.05, 0) is 34.8 Å². The van der Waals surface area contributed by atoms with Crippen molar-refractivity contribution in [1.82, 2.24) is 9.55 Å². The molecule has 1 heterocycles. The van der Waals surface area contributed by atoms with Crippen LogP contribution in [0.25, 0.3) is 11.0 Å². The van der Waals surface area contributed by atoms with Gasteiger partial charge in [0.2, 0.25) is 0 Å². The van der Waals surface area contributed by atoms with Gasteiger partial charge in [0, 0.05) is 12.1 Å². The van der Waals surface area contributed by atoms with Gasteiger partial charge in [-0.1, -0.05) is 24.6 Å². The molecule has 1 aromatic heterocycles. The number of aromatic nitrogens is 2. The Morgan fingerprint density at radius 3 is 2.86 bits per heavy atom. The van der Waals surface area contributed by atoms with Crippen LogP contribution in [0.1, 0.15) is 31.7 Å². The summed E-state index contributed by atoms with van der Waals surface area (Å²) in [5.74, 6) is -1.27. The largest absolute Gasteiger partial charge is 0.481 e. The van der Waals surface area contributed by atoms with Crippen molar-refractivity contribution in [2.24, 2.45) is 0 Å². The topological polar surface area (TPSA) is 55.1 Å². The zero-order valence-corrected chi connectivity index (χ0v) is 13.6. The van der Waals surface area contributed by atoms with Gasteiger partial charge in [-0.3, -0.25) is 4.79 Å². The Hall–Kier alpha value is -1.08. The highest BCUT2D eigenvalue weighted by atomic mass is 79.9. The zero-order valence-electron chi connectivity index (χ0n) is 11.2. The summed E-state index contributed by atoms with van der Waals surface area (Å²) in [5, 5.41) is 9.53. The molecule has 1 aliphatic carbocycles. The Balaban J connectivity index is 2.10. The Morgan fingerprint density at radius 2 is 2.19 bits per heavy atom. The maximum atomic E-state index is 13.7.